The van der Waals surface area contributed by atoms with Crippen LogP contribution in [-0.4, -0.2) is 16.8 Å². The van der Waals surface area contributed by atoms with Gasteiger partial charge in [-0.1, -0.05) is 15.9 Å². The van der Waals surface area contributed by atoms with Gasteiger partial charge in [0.15, 0.2) is 0 Å². The molecule has 2 amide bonds. The predicted octanol–water partition coefficient (Wildman–Crippen LogP) is 2.45. The van der Waals surface area contributed by atoms with Gasteiger partial charge in [-0.15, -0.1) is 0 Å². The summed E-state index contributed by atoms with van der Waals surface area (Å²) in [7, 11) is 0. The summed E-state index contributed by atoms with van der Waals surface area (Å²) in [4.78, 5) is 26.2. The second-order valence-electron chi connectivity index (χ2n) is 4.44. The molecule has 1 aromatic heterocycles. The lowest BCUT2D eigenvalue weighted by Crippen LogP contribution is -2.39. The fourth-order valence-corrected chi connectivity index (χ4v) is 2.75. The van der Waals surface area contributed by atoms with Gasteiger partial charge in [-0.2, -0.15) is 0 Å². The maximum atomic E-state index is 11.9. The first-order valence-electron chi connectivity index (χ1n) is 5.75. The number of piperidine rings is 1. The average Bonchev–Trinajstić information content (AvgIpc) is 2.72. The van der Waals surface area contributed by atoms with E-state index in [1.165, 1.54) is 0 Å². The number of hydrogen-bond acceptors (Lipinski definition) is 2. The van der Waals surface area contributed by atoms with Crippen molar-refractivity contribution in [2.45, 2.75) is 18.8 Å². The maximum Gasteiger partial charge on any atom is 0.234 e. The molecule has 0 saturated carbocycles. The van der Waals surface area contributed by atoms with Crippen molar-refractivity contribution in [3.05, 3.63) is 34.4 Å². The second kappa shape index (κ2) is 4.24. The average molecular weight is 307 g/mol. The van der Waals surface area contributed by atoms with E-state index in [1.807, 2.05) is 24.4 Å². The zero-order valence-electron chi connectivity index (χ0n) is 9.50. The Morgan fingerprint density at radius 3 is 2.89 bits per heavy atom. The normalized spacial score (nSPS) is 20.2. The number of aromatic amines is 1. The molecule has 1 aliphatic rings. The minimum atomic E-state index is -0.245. The van der Waals surface area contributed by atoms with E-state index in [0.717, 1.165) is 20.9 Å². The van der Waals surface area contributed by atoms with Crippen LogP contribution in [0.1, 0.15) is 24.3 Å². The molecular weight excluding hydrogens is 296 g/mol. The first-order chi connectivity index (χ1) is 8.65. The summed E-state index contributed by atoms with van der Waals surface area (Å²) < 4.78 is 0.975. The van der Waals surface area contributed by atoms with Crippen LogP contribution in [0.15, 0.2) is 28.9 Å². The van der Waals surface area contributed by atoms with Crippen molar-refractivity contribution in [3.63, 3.8) is 0 Å². The molecule has 0 aliphatic carbocycles. The van der Waals surface area contributed by atoms with Crippen LogP contribution < -0.4 is 5.32 Å². The minimum Gasteiger partial charge on any atom is -0.361 e. The van der Waals surface area contributed by atoms with Crippen LogP contribution in [0.25, 0.3) is 10.9 Å². The van der Waals surface area contributed by atoms with Gasteiger partial charge in [0, 0.05) is 28.0 Å². The Bertz CT molecular complexity index is 647. The van der Waals surface area contributed by atoms with Gasteiger partial charge in [0.1, 0.15) is 0 Å². The highest BCUT2D eigenvalue weighted by Gasteiger charge is 2.29. The van der Waals surface area contributed by atoms with Crippen molar-refractivity contribution in [3.8, 4) is 0 Å². The largest absolute Gasteiger partial charge is 0.361 e. The van der Waals surface area contributed by atoms with E-state index in [9.17, 15) is 9.59 Å². The Balaban J connectivity index is 2.06. The lowest BCUT2D eigenvalue weighted by atomic mass is 9.90. The zero-order chi connectivity index (χ0) is 12.7. The van der Waals surface area contributed by atoms with Crippen LogP contribution in [0.5, 0.6) is 0 Å². The number of amides is 2. The Hall–Kier alpha value is -1.62. The molecular formula is C13H11BrN2O2. The Labute approximate surface area is 112 Å². The third-order valence-electron chi connectivity index (χ3n) is 3.29. The quantitative estimate of drug-likeness (QED) is 0.795. The number of hydrogen-bond donors (Lipinski definition) is 2. The van der Waals surface area contributed by atoms with Gasteiger partial charge in [-0.3, -0.25) is 14.9 Å². The van der Waals surface area contributed by atoms with Gasteiger partial charge >= 0.3 is 0 Å². The molecule has 1 aromatic carbocycles. The van der Waals surface area contributed by atoms with Gasteiger partial charge in [0.25, 0.3) is 0 Å². The van der Waals surface area contributed by atoms with Crippen LogP contribution in [0.3, 0.4) is 0 Å². The Morgan fingerprint density at radius 1 is 1.28 bits per heavy atom. The van der Waals surface area contributed by atoms with Crippen molar-refractivity contribution < 1.29 is 9.59 Å². The van der Waals surface area contributed by atoms with Gasteiger partial charge in [0.05, 0.1) is 5.92 Å². The highest BCUT2D eigenvalue weighted by Crippen LogP contribution is 2.32. The number of fused-ring (bicyclic) bond motifs is 1. The number of halogens is 1. The van der Waals surface area contributed by atoms with Crippen molar-refractivity contribution in [1.82, 2.24) is 10.3 Å². The van der Waals surface area contributed by atoms with E-state index in [4.69, 9.17) is 0 Å². The van der Waals surface area contributed by atoms with E-state index in [1.54, 1.807) is 0 Å². The Kier molecular flexibility index (Phi) is 2.70. The molecule has 1 atom stereocenters. The summed E-state index contributed by atoms with van der Waals surface area (Å²) in [5.74, 6) is -0.629. The van der Waals surface area contributed by atoms with Crippen LogP contribution in [-0.2, 0) is 9.59 Å². The highest BCUT2D eigenvalue weighted by atomic mass is 79.9. The molecule has 2 N–H and O–H groups in total. The maximum absolute atomic E-state index is 11.9. The number of benzene rings is 1. The molecule has 92 valence electrons. The summed E-state index contributed by atoms with van der Waals surface area (Å²) in [6.07, 6.45) is 2.83. The van der Waals surface area contributed by atoms with Gasteiger partial charge < -0.3 is 4.98 Å². The molecule has 4 nitrogen and oxygen atoms in total. The third kappa shape index (κ3) is 1.84. The molecule has 2 heterocycles. The van der Waals surface area contributed by atoms with E-state index >= 15 is 0 Å². The van der Waals surface area contributed by atoms with E-state index in [2.05, 4.69) is 26.2 Å². The first kappa shape index (κ1) is 11.5. The van der Waals surface area contributed by atoms with Crippen LogP contribution >= 0.6 is 15.9 Å². The highest BCUT2D eigenvalue weighted by molar-refractivity contribution is 9.10. The first-order valence-corrected chi connectivity index (χ1v) is 6.54. The molecule has 0 bridgehead atoms. The minimum absolute atomic E-state index is 0.183. The molecule has 3 rings (SSSR count). The van der Waals surface area contributed by atoms with Crippen molar-refractivity contribution >= 4 is 38.6 Å². The standard InChI is InChI=1S/C13H11BrN2O2/c14-7-1-3-11-9(5-7)10(6-15-11)8-2-4-12(17)16-13(8)18/h1,3,5-6,8,15H,2,4H2,(H,16,17,18). The number of carbonyl (C=O) groups excluding carboxylic acids is 2. The fraction of sp³-hybridized carbons (Fsp3) is 0.231. The molecule has 0 radical (unpaired) electrons. The molecule has 1 saturated heterocycles. The molecule has 5 heteroatoms. The van der Waals surface area contributed by atoms with E-state index in [-0.39, 0.29) is 17.7 Å². The summed E-state index contributed by atoms with van der Waals surface area (Å²) in [6, 6.07) is 5.91. The molecule has 1 unspecified atom stereocenters. The smallest absolute Gasteiger partial charge is 0.234 e. The lowest BCUT2D eigenvalue weighted by Gasteiger charge is -2.20. The number of aromatic nitrogens is 1. The van der Waals surface area contributed by atoms with Gasteiger partial charge in [-0.25, -0.2) is 0 Å². The van der Waals surface area contributed by atoms with Crippen molar-refractivity contribution in [1.29, 1.82) is 0 Å². The fourth-order valence-electron chi connectivity index (χ4n) is 2.39. The summed E-state index contributed by atoms with van der Waals surface area (Å²) in [5, 5.41) is 3.42. The summed E-state index contributed by atoms with van der Waals surface area (Å²) in [6.45, 7) is 0. The molecule has 1 fully saturated rings. The lowest BCUT2D eigenvalue weighted by molar-refractivity contribution is -0.134. The summed E-state index contributed by atoms with van der Waals surface area (Å²) in [5.41, 5.74) is 1.95. The summed E-state index contributed by atoms with van der Waals surface area (Å²) >= 11 is 3.43. The number of imide groups is 1. The SMILES string of the molecule is O=C1CCC(c2c[nH]c3ccc(Br)cc23)C(=O)N1. The van der Waals surface area contributed by atoms with E-state index < -0.39 is 0 Å². The van der Waals surface area contributed by atoms with Crippen molar-refractivity contribution in [2.75, 3.05) is 0 Å². The second-order valence-corrected chi connectivity index (χ2v) is 5.35. The van der Waals surface area contributed by atoms with Crippen LogP contribution in [0.4, 0.5) is 0 Å². The van der Waals surface area contributed by atoms with E-state index in [0.29, 0.717) is 12.8 Å². The number of nitrogens with one attached hydrogen (secondary N) is 2. The monoisotopic (exact) mass is 306 g/mol. The van der Waals surface area contributed by atoms with Crippen molar-refractivity contribution in [2.24, 2.45) is 0 Å². The number of carbonyl (C=O) groups is 2. The number of rotatable bonds is 1. The zero-order valence-corrected chi connectivity index (χ0v) is 11.1. The van der Waals surface area contributed by atoms with Gasteiger partial charge in [-0.05, 0) is 30.2 Å². The molecule has 2 aromatic rings. The molecule has 18 heavy (non-hydrogen) atoms. The molecule has 0 spiro atoms. The topological polar surface area (TPSA) is 62.0 Å². The molecule has 1 aliphatic heterocycles. The van der Waals surface area contributed by atoms with Gasteiger partial charge in [0.2, 0.25) is 11.8 Å². The third-order valence-corrected chi connectivity index (χ3v) is 3.78. The predicted molar refractivity (Wildman–Crippen MR) is 71.1 cm³/mol. The van der Waals surface area contributed by atoms with Crippen LogP contribution in [0, 0.1) is 0 Å². The number of H-pyrrole nitrogens is 1. The van der Waals surface area contributed by atoms with Crippen LogP contribution in [0.2, 0.25) is 0 Å². The Morgan fingerprint density at radius 2 is 2.11 bits per heavy atom.